The summed E-state index contributed by atoms with van der Waals surface area (Å²) >= 11 is 0. The van der Waals surface area contributed by atoms with Gasteiger partial charge in [0, 0.05) is 26.2 Å². The van der Waals surface area contributed by atoms with Gasteiger partial charge in [0.2, 0.25) is 6.41 Å². The molecule has 4 rings (SSSR count). The monoisotopic (exact) mass is 440 g/mol. The van der Waals surface area contributed by atoms with Gasteiger partial charge in [0.15, 0.2) is 6.29 Å². The minimum atomic E-state index is -0.480. The van der Waals surface area contributed by atoms with Crippen molar-refractivity contribution in [1.29, 1.82) is 0 Å². The zero-order chi connectivity index (χ0) is 23.2. The molecule has 2 aromatic carbocycles. The molecule has 1 heterocycles. The Kier molecular flexibility index (Phi) is 11.0. The molecule has 1 amide bonds. The van der Waals surface area contributed by atoms with Crippen LogP contribution in [0.5, 0.6) is 5.75 Å². The second-order valence-electron chi connectivity index (χ2n) is 7.60. The third-order valence-corrected chi connectivity index (χ3v) is 5.13. The molecule has 0 N–H and O–H groups in total. The molecule has 7 heteroatoms. The fraction of sp³-hybridized carbons (Fsp3) is 0.400. The highest BCUT2D eigenvalue weighted by Gasteiger charge is 2.22. The van der Waals surface area contributed by atoms with Crippen molar-refractivity contribution in [2.24, 2.45) is 0 Å². The quantitative estimate of drug-likeness (QED) is 0.508. The lowest BCUT2D eigenvalue weighted by Crippen LogP contribution is -2.43. The molecule has 32 heavy (non-hydrogen) atoms. The fourth-order valence-corrected chi connectivity index (χ4v) is 3.06. The Balaban J connectivity index is 0.000000176. The number of esters is 1. The van der Waals surface area contributed by atoms with Crippen molar-refractivity contribution in [2.75, 3.05) is 46.9 Å². The summed E-state index contributed by atoms with van der Waals surface area (Å²) < 4.78 is 9.59. The van der Waals surface area contributed by atoms with Gasteiger partial charge in [-0.2, -0.15) is 0 Å². The molecule has 1 aliphatic heterocycles. The minimum Gasteiger partial charge on any atom is -0.485 e. The summed E-state index contributed by atoms with van der Waals surface area (Å²) in [5, 5.41) is 0. The number of likely N-dealkylation sites (N-methyl/N-ethyl adjacent to an activating group) is 1. The van der Waals surface area contributed by atoms with Crippen LogP contribution in [0.2, 0.25) is 0 Å². The third-order valence-electron chi connectivity index (χ3n) is 5.13. The van der Waals surface area contributed by atoms with Crippen LogP contribution in [0.1, 0.15) is 34.7 Å². The van der Waals surface area contributed by atoms with E-state index in [0.29, 0.717) is 17.6 Å². The van der Waals surface area contributed by atoms with Gasteiger partial charge in [0.25, 0.3) is 0 Å². The fourth-order valence-electron chi connectivity index (χ4n) is 3.06. The maximum atomic E-state index is 11.2. The van der Waals surface area contributed by atoms with Gasteiger partial charge in [-0.3, -0.25) is 9.59 Å². The van der Waals surface area contributed by atoms with Gasteiger partial charge in [-0.05, 0) is 43.5 Å². The molecule has 2 fully saturated rings. The number of rotatable bonds is 6. The van der Waals surface area contributed by atoms with Gasteiger partial charge < -0.3 is 19.3 Å². The molecule has 2 aliphatic rings. The number of carbonyl (C=O) groups excluding carboxylic acids is 3. The van der Waals surface area contributed by atoms with Crippen molar-refractivity contribution in [3.63, 3.8) is 0 Å². The summed E-state index contributed by atoms with van der Waals surface area (Å²) in [6.45, 7) is 3.73. The molecular weight excluding hydrogens is 408 g/mol. The Morgan fingerprint density at radius 1 is 0.969 bits per heavy atom. The number of piperazine rings is 1. The number of aldehydes is 1. The summed E-state index contributed by atoms with van der Waals surface area (Å²) in [7, 11) is 3.36. The van der Waals surface area contributed by atoms with Gasteiger partial charge in [0.1, 0.15) is 17.9 Å². The first-order chi connectivity index (χ1) is 15.6. The summed E-state index contributed by atoms with van der Waals surface area (Å²) in [5.41, 5.74) is 1.84. The van der Waals surface area contributed by atoms with Crippen molar-refractivity contribution in [2.45, 2.75) is 18.8 Å². The normalized spacial score (nSPS) is 15.2. The molecule has 1 saturated carbocycles. The topological polar surface area (TPSA) is 76.2 Å². The van der Waals surface area contributed by atoms with E-state index in [1.54, 1.807) is 29.2 Å². The second kappa shape index (κ2) is 14.0. The maximum Gasteiger partial charge on any atom is 0.341 e. The van der Waals surface area contributed by atoms with Gasteiger partial charge in [-0.1, -0.05) is 42.5 Å². The summed E-state index contributed by atoms with van der Waals surface area (Å²) in [4.78, 5) is 35.5. The predicted molar refractivity (Wildman–Crippen MR) is 123 cm³/mol. The number of benzene rings is 2. The lowest BCUT2D eigenvalue weighted by molar-refractivity contribution is -0.119. The Labute approximate surface area is 189 Å². The molecule has 7 nitrogen and oxygen atoms in total. The maximum absolute atomic E-state index is 11.2. The highest BCUT2D eigenvalue weighted by molar-refractivity contribution is 5.92. The van der Waals surface area contributed by atoms with Crippen LogP contribution in [0.15, 0.2) is 54.6 Å². The molecule has 1 saturated heterocycles. The Morgan fingerprint density at radius 2 is 1.59 bits per heavy atom. The molecule has 0 bridgehead atoms. The van der Waals surface area contributed by atoms with E-state index in [1.807, 2.05) is 0 Å². The standard InChI is InChI=1S/C10H10O4.C9H10.C6H12N2O/c1-13-10(12)8-4-2-3-5-9(8)14-7-6-11;1-2-4-8(5-3-1)9-6-7-9;1-7-2-4-8(6-9)5-3-7/h2-6H,7H2,1H3;1-5,9H,6-7H2;6H,2-5H2,1H3. The molecule has 2 aromatic rings. The zero-order valence-electron chi connectivity index (χ0n) is 18.8. The first-order valence-electron chi connectivity index (χ1n) is 10.8. The molecular formula is C25H32N2O5. The number of nitrogens with zero attached hydrogens (tertiary/aromatic N) is 2. The number of carbonyl (C=O) groups is 3. The molecule has 0 radical (unpaired) electrons. The smallest absolute Gasteiger partial charge is 0.341 e. The Morgan fingerprint density at radius 3 is 2.16 bits per heavy atom. The molecule has 0 unspecified atom stereocenters. The van der Waals surface area contributed by atoms with Crippen molar-refractivity contribution >= 4 is 18.7 Å². The van der Waals surface area contributed by atoms with Crippen LogP contribution in [0.25, 0.3) is 0 Å². The third kappa shape index (κ3) is 8.89. The molecule has 0 aromatic heterocycles. The predicted octanol–water partition coefficient (Wildman–Crippen LogP) is 3.01. The average Bonchev–Trinajstić information content (AvgIpc) is 3.70. The van der Waals surface area contributed by atoms with E-state index in [0.717, 1.165) is 38.5 Å². The van der Waals surface area contributed by atoms with Crippen molar-refractivity contribution in [1.82, 2.24) is 9.80 Å². The number of hydrogen-bond acceptors (Lipinski definition) is 6. The first kappa shape index (κ1) is 25.1. The van der Waals surface area contributed by atoms with E-state index in [4.69, 9.17) is 4.74 Å². The highest BCUT2D eigenvalue weighted by Crippen LogP contribution is 2.39. The average molecular weight is 441 g/mol. The van der Waals surface area contributed by atoms with E-state index >= 15 is 0 Å². The lowest BCUT2D eigenvalue weighted by Gasteiger charge is -2.29. The van der Waals surface area contributed by atoms with Crippen molar-refractivity contribution < 1.29 is 23.9 Å². The number of hydrogen-bond donors (Lipinski definition) is 0. The summed E-state index contributed by atoms with van der Waals surface area (Å²) in [5.74, 6) is 0.782. The van der Waals surface area contributed by atoms with Crippen LogP contribution < -0.4 is 4.74 Å². The summed E-state index contributed by atoms with van der Waals surface area (Å²) in [6, 6.07) is 17.3. The molecule has 0 atom stereocenters. The van der Waals surface area contributed by atoms with E-state index in [1.165, 1.54) is 25.5 Å². The van der Waals surface area contributed by atoms with E-state index in [9.17, 15) is 14.4 Å². The van der Waals surface area contributed by atoms with Crippen LogP contribution in [-0.4, -0.2) is 75.4 Å². The molecule has 0 spiro atoms. The number of amides is 1. The Hall–Kier alpha value is -3.19. The number of ether oxygens (including phenoxy) is 2. The van der Waals surface area contributed by atoms with E-state index < -0.39 is 5.97 Å². The van der Waals surface area contributed by atoms with Crippen LogP contribution in [0, 0.1) is 0 Å². The van der Waals surface area contributed by atoms with Crippen molar-refractivity contribution in [3.8, 4) is 5.75 Å². The molecule has 1 aliphatic carbocycles. The van der Waals surface area contributed by atoms with Gasteiger partial charge in [0.05, 0.1) is 7.11 Å². The zero-order valence-corrected chi connectivity index (χ0v) is 18.8. The number of methoxy groups -OCH3 is 1. The highest BCUT2D eigenvalue weighted by atomic mass is 16.5. The summed E-state index contributed by atoms with van der Waals surface area (Å²) in [6.07, 6.45) is 4.36. The minimum absolute atomic E-state index is 0.0754. The second-order valence-corrected chi connectivity index (χ2v) is 7.60. The largest absolute Gasteiger partial charge is 0.485 e. The number of para-hydroxylation sites is 1. The Bertz CT molecular complexity index is 831. The van der Waals surface area contributed by atoms with E-state index in [2.05, 4.69) is 47.0 Å². The van der Waals surface area contributed by atoms with Crippen LogP contribution in [-0.2, 0) is 14.3 Å². The first-order valence-corrected chi connectivity index (χ1v) is 10.8. The van der Waals surface area contributed by atoms with Crippen molar-refractivity contribution in [3.05, 3.63) is 65.7 Å². The molecule has 172 valence electrons. The lowest BCUT2D eigenvalue weighted by atomic mass is 10.1. The van der Waals surface area contributed by atoms with Gasteiger partial charge in [-0.15, -0.1) is 0 Å². The van der Waals surface area contributed by atoms with Crippen LogP contribution in [0.4, 0.5) is 0 Å². The van der Waals surface area contributed by atoms with Crippen LogP contribution >= 0.6 is 0 Å². The van der Waals surface area contributed by atoms with Crippen LogP contribution in [0.3, 0.4) is 0 Å². The van der Waals surface area contributed by atoms with Gasteiger partial charge in [-0.25, -0.2) is 4.79 Å². The SMILES string of the molecule is CN1CCN(C=O)CC1.COC(=O)c1ccccc1OCC=O.c1ccc(C2CC2)cc1. The van der Waals surface area contributed by atoms with Gasteiger partial charge >= 0.3 is 5.97 Å². The van der Waals surface area contributed by atoms with E-state index in [-0.39, 0.29) is 6.61 Å².